The number of fused-ring (bicyclic) bond motifs is 4. The van der Waals surface area contributed by atoms with E-state index in [0.717, 1.165) is 29.9 Å². The Bertz CT molecular complexity index is 3100. The van der Waals surface area contributed by atoms with Crippen molar-refractivity contribution in [1.82, 2.24) is 0 Å². The lowest BCUT2D eigenvalue weighted by Gasteiger charge is -2.45. The Morgan fingerprint density at radius 3 is 1.36 bits per heavy atom. The SMILES string of the molecule is CN1c2ccc(-c3ccc(C(c4ccccc4)C4C=CC=CCC4)cc3)cc2C(C)(C)c2cc3c(cc21)C(C)(C)c1cc(-c2ccc(N(c4ccccc4)c4ccccc4)cc2)ccc1N3C. The highest BCUT2D eigenvalue weighted by molar-refractivity contribution is 5.88. The van der Waals surface area contributed by atoms with Gasteiger partial charge in [0.25, 0.3) is 0 Å². The zero-order chi connectivity index (χ0) is 45.9. The summed E-state index contributed by atoms with van der Waals surface area (Å²) < 4.78 is 0. The summed E-state index contributed by atoms with van der Waals surface area (Å²) in [5.41, 5.74) is 21.1. The second kappa shape index (κ2) is 16.8. The molecule has 8 aromatic carbocycles. The second-order valence-corrected chi connectivity index (χ2v) is 19.8. The number of hydrogen-bond donors (Lipinski definition) is 0. The molecule has 11 rings (SSSR count). The number of benzene rings is 8. The van der Waals surface area contributed by atoms with Crippen LogP contribution in [0, 0.1) is 5.92 Å². The molecule has 0 saturated carbocycles. The molecule has 0 bridgehead atoms. The van der Waals surface area contributed by atoms with Gasteiger partial charge in [0.1, 0.15) is 0 Å². The van der Waals surface area contributed by atoms with E-state index in [9.17, 15) is 0 Å². The van der Waals surface area contributed by atoms with Crippen LogP contribution in [-0.2, 0) is 10.8 Å². The molecular formula is C64H59N3. The molecule has 0 aromatic heterocycles. The summed E-state index contributed by atoms with van der Waals surface area (Å²) in [6, 6.07) is 69.9. The number of hydrogen-bond acceptors (Lipinski definition) is 3. The Morgan fingerprint density at radius 1 is 0.433 bits per heavy atom. The third-order valence-corrected chi connectivity index (χ3v) is 15.2. The summed E-state index contributed by atoms with van der Waals surface area (Å²) in [5, 5.41) is 0. The van der Waals surface area contributed by atoms with Crippen molar-refractivity contribution < 1.29 is 0 Å². The maximum absolute atomic E-state index is 2.50. The van der Waals surface area contributed by atoms with Gasteiger partial charge in [-0.2, -0.15) is 0 Å². The normalized spacial score (nSPS) is 16.8. The van der Waals surface area contributed by atoms with E-state index in [0.29, 0.717) is 11.8 Å². The number of allylic oxidation sites excluding steroid dienone is 4. The van der Waals surface area contributed by atoms with Gasteiger partial charge >= 0.3 is 0 Å². The van der Waals surface area contributed by atoms with Crippen LogP contribution in [0.3, 0.4) is 0 Å². The van der Waals surface area contributed by atoms with Crippen LogP contribution in [0.15, 0.2) is 212 Å². The van der Waals surface area contributed by atoms with Gasteiger partial charge in [-0.25, -0.2) is 0 Å². The van der Waals surface area contributed by atoms with Gasteiger partial charge in [-0.3, -0.25) is 0 Å². The zero-order valence-electron chi connectivity index (χ0n) is 39.6. The minimum absolute atomic E-state index is 0.224. The third-order valence-electron chi connectivity index (χ3n) is 15.2. The minimum atomic E-state index is -0.232. The van der Waals surface area contributed by atoms with E-state index in [1.54, 1.807) is 0 Å². The Labute approximate surface area is 398 Å². The Morgan fingerprint density at radius 2 is 0.851 bits per heavy atom. The van der Waals surface area contributed by atoms with E-state index in [-0.39, 0.29) is 10.8 Å². The average Bonchev–Trinajstić information content (AvgIpc) is 3.66. The lowest BCUT2D eigenvalue weighted by Crippen LogP contribution is -2.35. The van der Waals surface area contributed by atoms with Crippen molar-refractivity contribution in [2.75, 3.05) is 28.8 Å². The molecule has 2 unspecified atom stereocenters. The molecule has 3 nitrogen and oxygen atoms in total. The molecule has 1 aliphatic carbocycles. The highest BCUT2D eigenvalue weighted by atomic mass is 15.1. The maximum Gasteiger partial charge on any atom is 0.0462 e. The number of rotatable bonds is 8. The molecular weight excluding hydrogens is 811 g/mol. The van der Waals surface area contributed by atoms with Crippen molar-refractivity contribution in [3.63, 3.8) is 0 Å². The molecule has 0 spiro atoms. The topological polar surface area (TPSA) is 9.72 Å². The van der Waals surface area contributed by atoms with Gasteiger partial charge in [0.2, 0.25) is 0 Å². The van der Waals surface area contributed by atoms with Gasteiger partial charge in [0.05, 0.1) is 0 Å². The quantitative estimate of drug-likeness (QED) is 0.151. The highest BCUT2D eigenvalue weighted by Crippen LogP contribution is 2.56. The summed E-state index contributed by atoms with van der Waals surface area (Å²) in [6.45, 7) is 9.63. The molecule has 0 saturated heterocycles. The van der Waals surface area contributed by atoms with E-state index < -0.39 is 0 Å². The first-order chi connectivity index (χ1) is 32.6. The highest BCUT2D eigenvalue weighted by Gasteiger charge is 2.41. The van der Waals surface area contributed by atoms with E-state index in [4.69, 9.17) is 0 Å². The van der Waals surface area contributed by atoms with Gasteiger partial charge in [-0.1, -0.05) is 167 Å². The Balaban J connectivity index is 0.897. The number of anilines is 7. The summed E-state index contributed by atoms with van der Waals surface area (Å²) in [5.74, 6) is 0.767. The monoisotopic (exact) mass is 869 g/mol. The van der Waals surface area contributed by atoms with Gasteiger partial charge in [0, 0.05) is 70.7 Å². The van der Waals surface area contributed by atoms with Crippen LogP contribution in [0.4, 0.5) is 39.8 Å². The van der Waals surface area contributed by atoms with Crippen molar-refractivity contribution in [3.05, 3.63) is 246 Å². The molecule has 8 aromatic rings. The molecule has 330 valence electrons. The summed E-state index contributed by atoms with van der Waals surface area (Å²) in [6.07, 6.45) is 11.4. The van der Waals surface area contributed by atoms with E-state index in [1.165, 1.54) is 78.4 Å². The van der Waals surface area contributed by atoms with E-state index >= 15 is 0 Å². The average molecular weight is 870 g/mol. The maximum atomic E-state index is 2.50. The molecule has 0 amide bonds. The predicted molar refractivity (Wildman–Crippen MR) is 285 cm³/mol. The second-order valence-electron chi connectivity index (χ2n) is 19.8. The minimum Gasteiger partial charge on any atom is -0.344 e. The van der Waals surface area contributed by atoms with Crippen LogP contribution in [0.2, 0.25) is 0 Å². The first-order valence-corrected chi connectivity index (χ1v) is 24.0. The van der Waals surface area contributed by atoms with Crippen molar-refractivity contribution in [2.24, 2.45) is 5.92 Å². The summed E-state index contributed by atoms with van der Waals surface area (Å²) in [4.78, 5) is 7.17. The lowest BCUT2D eigenvalue weighted by atomic mass is 9.68. The largest absolute Gasteiger partial charge is 0.344 e. The van der Waals surface area contributed by atoms with E-state index in [1.807, 2.05) is 0 Å². The number of nitrogens with zero attached hydrogens (tertiary/aromatic N) is 3. The van der Waals surface area contributed by atoms with Crippen molar-refractivity contribution >= 4 is 39.8 Å². The van der Waals surface area contributed by atoms with Crippen molar-refractivity contribution in [1.29, 1.82) is 0 Å². The summed E-state index contributed by atoms with van der Waals surface area (Å²) in [7, 11) is 4.50. The predicted octanol–water partition coefficient (Wildman–Crippen LogP) is 17.0. The molecule has 2 atom stereocenters. The van der Waals surface area contributed by atoms with E-state index in [2.05, 4.69) is 269 Å². The van der Waals surface area contributed by atoms with Gasteiger partial charge in [0.15, 0.2) is 0 Å². The standard InChI is InChI=1S/C64H59N3/c1-63(2)54-40-49(44-28-30-48(31-29-44)62(47-22-14-9-15-23-47)46-20-12-7-8-13-21-46)34-38-58(54)65(5)60-43-57-61(42-56(60)63)66(6)59-39-35-50(41-55(59)64(57,3)4)45-32-36-53(37-33-45)67(51-24-16-10-17-25-51)52-26-18-11-19-27-52/h7-12,14-20,22-43,46,62H,13,21H2,1-6H3. The number of para-hydroxylation sites is 2. The smallest absolute Gasteiger partial charge is 0.0462 e. The van der Waals surface area contributed by atoms with Crippen LogP contribution < -0.4 is 14.7 Å². The van der Waals surface area contributed by atoms with Gasteiger partial charge < -0.3 is 14.7 Å². The van der Waals surface area contributed by atoms with Crippen LogP contribution in [0.5, 0.6) is 0 Å². The fraction of sp³-hybridized carbons (Fsp3) is 0.188. The lowest BCUT2D eigenvalue weighted by molar-refractivity contribution is 0.533. The van der Waals surface area contributed by atoms with Crippen LogP contribution >= 0.6 is 0 Å². The molecule has 0 N–H and O–H groups in total. The summed E-state index contributed by atoms with van der Waals surface area (Å²) >= 11 is 0. The first-order valence-electron chi connectivity index (χ1n) is 24.0. The molecule has 2 heterocycles. The Kier molecular flexibility index (Phi) is 10.6. The van der Waals surface area contributed by atoms with Crippen molar-refractivity contribution in [3.8, 4) is 22.3 Å². The molecule has 3 aliphatic rings. The van der Waals surface area contributed by atoms with Crippen LogP contribution in [0.1, 0.15) is 79.8 Å². The molecule has 3 heteroatoms. The molecule has 0 fully saturated rings. The molecule has 2 aliphatic heterocycles. The fourth-order valence-electron chi connectivity index (χ4n) is 11.4. The molecule has 0 radical (unpaired) electrons. The Hall–Kier alpha value is -7.36. The van der Waals surface area contributed by atoms with Crippen LogP contribution in [-0.4, -0.2) is 14.1 Å². The van der Waals surface area contributed by atoms with Gasteiger partial charge in [-0.15, -0.1) is 0 Å². The zero-order valence-corrected chi connectivity index (χ0v) is 39.6. The van der Waals surface area contributed by atoms with Crippen molar-refractivity contribution in [2.45, 2.75) is 57.3 Å². The first kappa shape index (κ1) is 42.3. The third kappa shape index (κ3) is 7.38. The fourth-order valence-corrected chi connectivity index (χ4v) is 11.4. The molecule has 67 heavy (non-hydrogen) atoms. The van der Waals surface area contributed by atoms with Gasteiger partial charge in [-0.05, 0) is 147 Å². The van der Waals surface area contributed by atoms with Crippen LogP contribution in [0.25, 0.3) is 22.3 Å².